The van der Waals surface area contributed by atoms with Crippen molar-refractivity contribution in [2.75, 3.05) is 20.6 Å². The number of fused-ring (bicyclic) bond motifs is 1. The molecule has 0 radical (unpaired) electrons. The van der Waals surface area contributed by atoms with E-state index in [0.717, 1.165) is 12.1 Å². The van der Waals surface area contributed by atoms with E-state index < -0.39 is 0 Å². The first kappa shape index (κ1) is 16.7. The van der Waals surface area contributed by atoms with Crippen LogP contribution in [0.3, 0.4) is 0 Å². The summed E-state index contributed by atoms with van der Waals surface area (Å²) >= 11 is 1.77. The van der Waals surface area contributed by atoms with Gasteiger partial charge in [-0.05, 0) is 30.0 Å². The summed E-state index contributed by atoms with van der Waals surface area (Å²) < 4.78 is 0. The summed E-state index contributed by atoms with van der Waals surface area (Å²) in [6.07, 6.45) is 2.11. The quantitative estimate of drug-likeness (QED) is 0.710. The number of amides is 1. The number of carbonyl (C=O) groups excluding carboxylic acids is 1. The minimum Gasteiger partial charge on any atom is -0.361 e. The monoisotopic (exact) mass is 342 g/mol. The van der Waals surface area contributed by atoms with Crippen molar-refractivity contribution in [1.82, 2.24) is 9.88 Å². The van der Waals surface area contributed by atoms with Crippen LogP contribution in [0.5, 0.6) is 0 Å². The van der Waals surface area contributed by atoms with Crippen LogP contribution < -0.4 is 5.32 Å². The number of aromatic nitrogens is 1. The Morgan fingerprint density at radius 1 is 1.25 bits per heavy atom. The first-order valence-electron chi connectivity index (χ1n) is 8.22. The summed E-state index contributed by atoms with van der Waals surface area (Å²) in [6.45, 7) is 2.83. The van der Waals surface area contributed by atoms with Gasteiger partial charge in [-0.1, -0.05) is 24.3 Å². The number of aromatic amines is 1. The zero-order valence-corrected chi connectivity index (χ0v) is 15.1. The standard InChI is InChI=1S/C19H23N3OS/c1-13(19(23)22(2)3)20-12-16(18-9-6-10-24-18)15-11-21-17-8-5-4-7-14(15)17/h4-11,13,16,20-21H,12H2,1-3H3/p+1/t13-,16-/m0/s1. The van der Waals surface area contributed by atoms with E-state index in [4.69, 9.17) is 0 Å². The van der Waals surface area contributed by atoms with Gasteiger partial charge >= 0.3 is 0 Å². The number of thiophene rings is 1. The Kier molecular flexibility index (Phi) is 5.02. The molecule has 4 nitrogen and oxygen atoms in total. The molecule has 0 saturated carbocycles. The number of nitrogens with two attached hydrogens (primary N) is 1. The molecule has 1 aromatic carbocycles. The molecule has 0 aliphatic heterocycles. The highest BCUT2D eigenvalue weighted by atomic mass is 32.1. The van der Waals surface area contributed by atoms with E-state index in [1.165, 1.54) is 15.8 Å². The van der Waals surface area contributed by atoms with E-state index >= 15 is 0 Å². The van der Waals surface area contributed by atoms with E-state index in [-0.39, 0.29) is 17.9 Å². The number of H-pyrrole nitrogens is 1. The molecular formula is C19H24N3OS+. The molecule has 24 heavy (non-hydrogen) atoms. The molecule has 0 spiro atoms. The molecular weight excluding hydrogens is 318 g/mol. The van der Waals surface area contributed by atoms with Crippen LogP contribution in [-0.2, 0) is 4.79 Å². The summed E-state index contributed by atoms with van der Waals surface area (Å²) in [4.78, 5) is 18.5. The summed E-state index contributed by atoms with van der Waals surface area (Å²) in [5, 5.41) is 5.52. The number of carbonyl (C=O) groups is 1. The molecule has 3 aromatic rings. The topological polar surface area (TPSA) is 52.7 Å². The minimum atomic E-state index is -0.0762. The maximum Gasteiger partial charge on any atom is 0.279 e. The lowest BCUT2D eigenvalue weighted by atomic mass is 9.96. The number of hydrogen-bond acceptors (Lipinski definition) is 2. The van der Waals surface area contributed by atoms with Gasteiger partial charge < -0.3 is 15.2 Å². The van der Waals surface area contributed by atoms with Gasteiger partial charge in [0.2, 0.25) is 0 Å². The second-order valence-corrected chi connectivity index (χ2v) is 7.33. The van der Waals surface area contributed by atoms with Crippen molar-refractivity contribution in [3.8, 4) is 0 Å². The molecule has 126 valence electrons. The maximum absolute atomic E-state index is 12.1. The van der Waals surface area contributed by atoms with Crippen LogP contribution in [0.25, 0.3) is 10.9 Å². The Balaban J connectivity index is 1.87. The number of quaternary nitrogens is 1. The van der Waals surface area contributed by atoms with Gasteiger partial charge in [-0.15, -0.1) is 11.3 Å². The molecule has 2 heterocycles. The van der Waals surface area contributed by atoms with Crippen molar-refractivity contribution in [1.29, 1.82) is 0 Å². The van der Waals surface area contributed by atoms with Crippen molar-refractivity contribution in [2.45, 2.75) is 18.9 Å². The van der Waals surface area contributed by atoms with Crippen LogP contribution in [0.2, 0.25) is 0 Å². The maximum atomic E-state index is 12.1. The highest BCUT2D eigenvalue weighted by Gasteiger charge is 2.24. The number of hydrogen-bond donors (Lipinski definition) is 2. The molecule has 0 aliphatic carbocycles. The van der Waals surface area contributed by atoms with E-state index in [2.05, 4.69) is 52.2 Å². The number of likely N-dealkylation sites (N-methyl/N-ethyl adjacent to an activating group) is 1. The van der Waals surface area contributed by atoms with Crippen LogP contribution in [0.15, 0.2) is 48.0 Å². The molecule has 0 bridgehead atoms. The van der Waals surface area contributed by atoms with Crippen molar-refractivity contribution in [2.24, 2.45) is 0 Å². The van der Waals surface area contributed by atoms with Gasteiger partial charge in [-0.3, -0.25) is 4.79 Å². The second-order valence-electron chi connectivity index (χ2n) is 6.35. The third kappa shape index (κ3) is 3.37. The normalized spacial score (nSPS) is 13.8. The van der Waals surface area contributed by atoms with Gasteiger partial charge in [0.05, 0.1) is 12.5 Å². The molecule has 2 aromatic heterocycles. The molecule has 3 N–H and O–H groups in total. The first-order chi connectivity index (χ1) is 11.6. The number of rotatable bonds is 6. The first-order valence-corrected chi connectivity index (χ1v) is 9.09. The Morgan fingerprint density at radius 2 is 2.04 bits per heavy atom. The third-order valence-corrected chi connectivity index (χ3v) is 5.42. The summed E-state index contributed by atoms with van der Waals surface area (Å²) in [7, 11) is 3.62. The number of para-hydroxylation sites is 1. The highest BCUT2D eigenvalue weighted by molar-refractivity contribution is 7.10. The molecule has 5 heteroatoms. The molecule has 2 atom stereocenters. The molecule has 0 saturated heterocycles. The zero-order valence-electron chi connectivity index (χ0n) is 14.3. The lowest BCUT2D eigenvalue weighted by Crippen LogP contribution is -2.92. The van der Waals surface area contributed by atoms with Crippen molar-refractivity contribution >= 4 is 28.1 Å². The SMILES string of the molecule is C[C@H]([NH2+]C[C@H](c1cccs1)c1c[nH]c2ccccc12)C(=O)N(C)C. The average molecular weight is 342 g/mol. The van der Waals surface area contributed by atoms with Gasteiger partial charge in [0, 0.05) is 36.1 Å². The van der Waals surface area contributed by atoms with E-state index in [0.29, 0.717) is 0 Å². The van der Waals surface area contributed by atoms with Crippen LogP contribution in [0.4, 0.5) is 0 Å². The predicted octanol–water partition coefficient (Wildman–Crippen LogP) is 2.40. The number of nitrogens with one attached hydrogen (secondary N) is 1. The van der Waals surface area contributed by atoms with Crippen molar-refractivity contribution < 1.29 is 10.1 Å². The van der Waals surface area contributed by atoms with Crippen LogP contribution in [0, 0.1) is 0 Å². The lowest BCUT2D eigenvalue weighted by molar-refractivity contribution is -0.675. The van der Waals surface area contributed by atoms with Gasteiger partial charge in [0.15, 0.2) is 6.04 Å². The molecule has 0 fully saturated rings. The molecule has 3 rings (SSSR count). The van der Waals surface area contributed by atoms with Crippen LogP contribution in [-0.4, -0.2) is 42.5 Å². The van der Waals surface area contributed by atoms with Crippen molar-refractivity contribution in [3.05, 3.63) is 58.4 Å². The number of benzene rings is 1. The average Bonchev–Trinajstić information content (AvgIpc) is 3.24. The summed E-state index contributed by atoms with van der Waals surface area (Å²) in [5.41, 5.74) is 2.46. The van der Waals surface area contributed by atoms with Gasteiger partial charge in [-0.2, -0.15) is 0 Å². The summed E-state index contributed by atoms with van der Waals surface area (Å²) in [5.74, 6) is 0.428. The van der Waals surface area contributed by atoms with Gasteiger partial charge in [0.25, 0.3) is 5.91 Å². The third-order valence-electron chi connectivity index (χ3n) is 4.44. The predicted molar refractivity (Wildman–Crippen MR) is 99.4 cm³/mol. The van der Waals surface area contributed by atoms with Crippen molar-refractivity contribution in [3.63, 3.8) is 0 Å². The Hall–Kier alpha value is -2.11. The minimum absolute atomic E-state index is 0.0762. The largest absolute Gasteiger partial charge is 0.361 e. The van der Waals surface area contributed by atoms with Gasteiger partial charge in [-0.25, -0.2) is 0 Å². The summed E-state index contributed by atoms with van der Waals surface area (Å²) in [6, 6.07) is 12.6. The van der Waals surface area contributed by atoms with Crippen LogP contribution in [0.1, 0.15) is 23.3 Å². The van der Waals surface area contributed by atoms with Crippen LogP contribution >= 0.6 is 11.3 Å². The second kappa shape index (κ2) is 7.20. The lowest BCUT2D eigenvalue weighted by Gasteiger charge is -2.19. The molecule has 0 unspecified atom stereocenters. The Labute approximate surface area is 146 Å². The van der Waals surface area contributed by atoms with E-state index in [9.17, 15) is 4.79 Å². The fourth-order valence-corrected chi connectivity index (χ4v) is 3.98. The van der Waals surface area contributed by atoms with E-state index in [1.807, 2.05) is 27.1 Å². The molecule has 0 aliphatic rings. The highest BCUT2D eigenvalue weighted by Crippen LogP contribution is 2.32. The fraction of sp³-hybridized carbons (Fsp3) is 0.316. The Morgan fingerprint density at radius 3 is 2.75 bits per heavy atom. The fourth-order valence-electron chi connectivity index (χ4n) is 3.12. The number of nitrogens with zero attached hydrogens (tertiary/aromatic N) is 1. The smallest absolute Gasteiger partial charge is 0.279 e. The van der Waals surface area contributed by atoms with E-state index in [1.54, 1.807) is 16.2 Å². The zero-order chi connectivity index (χ0) is 17.1. The molecule has 1 amide bonds. The van der Waals surface area contributed by atoms with Gasteiger partial charge in [0.1, 0.15) is 0 Å². The Bertz CT molecular complexity index is 807.